The Hall–Kier alpha value is -1.40. The molecule has 0 unspecified atom stereocenters. The van der Waals surface area contributed by atoms with Crippen LogP contribution in [-0.2, 0) is 6.42 Å². The van der Waals surface area contributed by atoms with Gasteiger partial charge in [-0.3, -0.25) is 4.79 Å². The smallest absolute Gasteiger partial charge is 0.261 e. The molecule has 1 amide bonds. The minimum Gasteiger partial charge on any atom is -0.351 e. The zero-order valence-corrected chi connectivity index (χ0v) is 12.8. The molecule has 106 valence electrons. The molecular weight excluding hydrogens is 290 g/mol. The molecule has 0 spiro atoms. The fraction of sp³-hybridized carbons (Fsp3) is 0.429. The van der Waals surface area contributed by atoms with Gasteiger partial charge in [-0.1, -0.05) is 6.07 Å². The SMILES string of the molecule is O=C(NCCc1csc(N2CCCC2)n1)c1cccs1. The van der Waals surface area contributed by atoms with Gasteiger partial charge in [0.1, 0.15) is 0 Å². The highest BCUT2D eigenvalue weighted by Gasteiger charge is 2.15. The van der Waals surface area contributed by atoms with Crippen molar-refractivity contribution in [1.29, 1.82) is 0 Å². The summed E-state index contributed by atoms with van der Waals surface area (Å²) in [6, 6.07) is 3.73. The maximum Gasteiger partial charge on any atom is 0.261 e. The van der Waals surface area contributed by atoms with Gasteiger partial charge in [0.05, 0.1) is 10.6 Å². The lowest BCUT2D eigenvalue weighted by atomic mass is 10.3. The Labute approximate surface area is 126 Å². The zero-order chi connectivity index (χ0) is 13.8. The highest BCUT2D eigenvalue weighted by molar-refractivity contribution is 7.13. The van der Waals surface area contributed by atoms with Crippen LogP contribution in [-0.4, -0.2) is 30.5 Å². The number of anilines is 1. The van der Waals surface area contributed by atoms with Crippen LogP contribution in [0.4, 0.5) is 5.13 Å². The van der Waals surface area contributed by atoms with Crippen LogP contribution in [0.2, 0.25) is 0 Å². The zero-order valence-electron chi connectivity index (χ0n) is 11.2. The minimum atomic E-state index is 0.00926. The van der Waals surface area contributed by atoms with Crippen molar-refractivity contribution in [2.24, 2.45) is 0 Å². The van der Waals surface area contributed by atoms with Crippen molar-refractivity contribution in [2.45, 2.75) is 19.3 Å². The third-order valence-electron chi connectivity index (χ3n) is 3.33. The molecule has 0 bridgehead atoms. The van der Waals surface area contributed by atoms with E-state index in [9.17, 15) is 4.79 Å². The average molecular weight is 307 g/mol. The number of amides is 1. The van der Waals surface area contributed by atoms with E-state index in [1.807, 2.05) is 17.5 Å². The number of thiazole rings is 1. The number of nitrogens with one attached hydrogen (secondary N) is 1. The maximum absolute atomic E-state index is 11.8. The lowest BCUT2D eigenvalue weighted by Gasteiger charge is -2.12. The lowest BCUT2D eigenvalue weighted by molar-refractivity contribution is 0.0958. The predicted octanol–water partition coefficient (Wildman–Crippen LogP) is 2.78. The van der Waals surface area contributed by atoms with E-state index in [-0.39, 0.29) is 5.91 Å². The highest BCUT2D eigenvalue weighted by atomic mass is 32.1. The van der Waals surface area contributed by atoms with Crippen LogP contribution < -0.4 is 10.2 Å². The van der Waals surface area contributed by atoms with Gasteiger partial charge in [0.25, 0.3) is 5.91 Å². The van der Waals surface area contributed by atoms with Gasteiger partial charge < -0.3 is 10.2 Å². The highest BCUT2D eigenvalue weighted by Crippen LogP contribution is 2.24. The average Bonchev–Trinajstić information content (AvgIpc) is 3.20. The van der Waals surface area contributed by atoms with Gasteiger partial charge >= 0.3 is 0 Å². The number of thiophene rings is 1. The summed E-state index contributed by atoms with van der Waals surface area (Å²) in [6.45, 7) is 2.89. The number of nitrogens with zero attached hydrogens (tertiary/aromatic N) is 2. The van der Waals surface area contributed by atoms with Crippen molar-refractivity contribution >= 4 is 33.7 Å². The molecule has 3 heterocycles. The van der Waals surface area contributed by atoms with Crippen molar-refractivity contribution < 1.29 is 4.79 Å². The summed E-state index contributed by atoms with van der Waals surface area (Å²) < 4.78 is 0. The van der Waals surface area contributed by atoms with E-state index in [1.54, 1.807) is 11.3 Å². The summed E-state index contributed by atoms with van der Waals surface area (Å²) >= 11 is 3.17. The second kappa shape index (κ2) is 6.37. The third kappa shape index (κ3) is 3.19. The molecule has 0 atom stereocenters. The molecule has 6 heteroatoms. The molecule has 2 aromatic heterocycles. The molecular formula is C14H17N3OS2. The van der Waals surface area contributed by atoms with Crippen LogP contribution in [0, 0.1) is 0 Å². The number of rotatable bonds is 5. The van der Waals surface area contributed by atoms with Gasteiger partial charge in [0, 0.05) is 31.4 Å². The Morgan fingerprint density at radius 1 is 1.35 bits per heavy atom. The van der Waals surface area contributed by atoms with Crippen molar-refractivity contribution in [3.05, 3.63) is 33.5 Å². The van der Waals surface area contributed by atoms with Crippen LogP contribution in [0.1, 0.15) is 28.2 Å². The fourth-order valence-corrected chi connectivity index (χ4v) is 3.82. The van der Waals surface area contributed by atoms with E-state index in [0.29, 0.717) is 6.54 Å². The van der Waals surface area contributed by atoms with E-state index >= 15 is 0 Å². The van der Waals surface area contributed by atoms with Gasteiger partial charge in [-0.15, -0.1) is 22.7 Å². The minimum absolute atomic E-state index is 0.00926. The van der Waals surface area contributed by atoms with Gasteiger partial charge in [-0.25, -0.2) is 4.98 Å². The number of hydrogen-bond donors (Lipinski definition) is 1. The van der Waals surface area contributed by atoms with E-state index < -0.39 is 0 Å². The first kappa shape index (κ1) is 13.6. The first-order valence-electron chi connectivity index (χ1n) is 6.84. The van der Waals surface area contributed by atoms with Crippen molar-refractivity contribution in [1.82, 2.24) is 10.3 Å². The van der Waals surface area contributed by atoms with Crippen LogP contribution >= 0.6 is 22.7 Å². The third-order valence-corrected chi connectivity index (χ3v) is 5.15. The monoisotopic (exact) mass is 307 g/mol. The van der Waals surface area contributed by atoms with Gasteiger partial charge in [-0.05, 0) is 24.3 Å². The molecule has 1 N–H and O–H groups in total. The number of carbonyl (C=O) groups is 1. The van der Waals surface area contributed by atoms with E-state index in [2.05, 4.69) is 20.6 Å². The topological polar surface area (TPSA) is 45.2 Å². The molecule has 1 saturated heterocycles. The second-order valence-electron chi connectivity index (χ2n) is 4.80. The first-order valence-corrected chi connectivity index (χ1v) is 8.60. The van der Waals surface area contributed by atoms with Crippen molar-refractivity contribution in [3.63, 3.8) is 0 Å². The quantitative estimate of drug-likeness (QED) is 0.924. The molecule has 1 aliphatic heterocycles. The normalized spacial score (nSPS) is 14.7. The number of hydrogen-bond acceptors (Lipinski definition) is 5. The summed E-state index contributed by atoms with van der Waals surface area (Å²) in [5, 5.41) is 8.08. The lowest BCUT2D eigenvalue weighted by Crippen LogP contribution is -2.25. The molecule has 1 aliphatic rings. The Kier molecular flexibility index (Phi) is 4.32. The molecule has 4 nitrogen and oxygen atoms in total. The van der Waals surface area contributed by atoms with Crippen molar-refractivity contribution in [3.8, 4) is 0 Å². The molecule has 20 heavy (non-hydrogen) atoms. The van der Waals surface area contributed by atoms with Crippen LogP contribution in [0.25, 0.3) is 0 Å². The standard InChI is InChI=1S/C14H17N3OS2/c18-13(12-4-3-9-19-12)15-6-5-11-10-20-14(16-11)17-7-1-2-8-17/h3-4,9-10H,1-2,5-8H2,(H,15,18). The molecule has 3 rings (SSSR count). The Morgan fingerprint density at radius 2 is 2.20 bits per heavy atom. The summed E-state index contributed by atoms with van der Waals surface area (Å²) in [6.07, 6.45) is 3.33. The predicted molar refractivity (Wildman–Crippen MR) is 83.9 cm³/mol. The maximum atomic E-state index is 11.8. The number of aromatic nitrogens is 1. The van der Waals surface area contributed by atoms with Gasteiger partial charge in [0.15, 0.2) is 5.13 Å². The van der Waals surface area contributed by atoms with Crippen LogP contribution in [0.5, 0.6) is 0 Å². The largest absolute Gasteiger partial charge is 0.351 e. The summed E-state index contributed by atoms with van der Waals surface area (Å²) in [5.74, 6) is 0.00926. The molecule has 0 aromatic carbocycles. The molecule has 2 aromatic rings. The Balaban J connectivity index is 1.48. The van der Waals surface area contributed by atoms with Crippen molar-refractivity contribution in [2.75, 3.05) is 24.5 Å². The summed E-state index contributed by atoms with van der Waals surface area (Å²) in [7, 11) is 0. The Morgan fingerprint density at radius 3 is 2.95 bits per heavy atom. The van der Waals surface area contributed by atoms with Gasteiger partial charge in [-0.2, -0.15) is 0 Å². The summed E-state index contributed by atoms with van der Waals surface area (Å²) in [4.78, 5) is 19.5. The molecule has 0 saturated carbocycles. The summed E-state index contributed by atoms with van der Waals surface area (Å²) in [5.41, 5.74) is 1.07. The second-order valence-corrected chi connectivity index (χ2v) is 6.58. The van der Waals surface area contributed by atoms with E-state index in [1.165, 1.54) is 24.2 Å². The molecule has 1 fully saturated rings. The number of carbonyl (C=O) groups excluding carboxylic acids is 1. The first-order chi connectivity index (χ1) is 9.83. The molecule has 0 radical (unpaired) electrons. The Bertz CT molecular complexity index is 559. The molecule has 0 aliphatic carbocycles. The van der Waals surface area contributed by atoms with Crippen LogP contribution in [0.15, 0.2) is 22.9 Å². The van der Waals surface area contributed by atoms with E-state index in [4.69, 9.17) is 0 Å². The van der Waals surface area contributed by atoms with Crippen LogP contribution in [0.3, 0.4) is 0 Å². The van der Waals surface area contributed by atoms with E-state index in [0.717, 1.165) is 35.2 Å². The van der Waals surface area contributed by atoms with Gasteiger partial charge in [0.2, 0.25) is 0 Å². The fourth-order valence-electron chi connectivity index (χ4n) is 2.26.